The summed E-state index contributed by atoms with van der Waals surface area (Å²) in [5.41, 5.74) is -0.201. The molecule has 0 radical (unpaired) electrons. The van der Waals surface area contributed by atoms with Crippen LogP contribution in [0.3, 0.4) is 0 Å². The van der Waals surface area contributed by atoms with Crippen molar-refractivity contribution in [3.8, 4) is 0 Å². The quantitative estimate of drug-likeness (QED) is 0.508. The molecule has 0 aliphatic carbocycles. The van der Waals surface area contributed by atoms with Gasteiger partial charge in [-0.3, -0.25) is 0 Å². The molecule has 0 saturated carbocycles. The van der Waals surface area contributed by atoms with Crippen LogP contribution in [0.4, 0.5) is 0 Å². The molecule has 64 valence electrons. The summed E-state index contributed by atoms with van der Waals surface area (Å²) in [6.07, 6.45) is 4.89. The Morgan fingerprint density at radius 2 is 2.45 bits per heavy atom. The molecule has 11 heavy (non-hydrogen) atoms. The first kappa shape index (κ1) is 8.97. The van der Waals surface area contributed by atoms with E-state index in [2.05, 4.69) is 6.58 Å². The van der Waals surface area contributed by atoms with Gasteiger partial charge >= 0.3 is 0 Å². The molecule has 1 saturated heterocycles. The summed E-state index contributed by atoms with van der Waals surface area (Å²) >= 11 is 0. The molecule has 1 N–H and O–H groups in total. The van der Waals surface area contributed by atoms with Crippen LogP contribution >= 0.6 is 0 Å². The summed E-state index contributed by atoms with van der Waals surface area (Å²) in [6, 6.07) is 1.13. The molecular formula is C8H16O2Si. The summed E-state index contributed by atoms with van der Waals surface area (Å²) in [5.74, 6) is 0. The highest BCUT2D eigenvalue weighted by Gasteiger charge is 2.23. The van der Waals surface area contributed by atoms with Gasteiger partial charge in [0, 0.05) is 6.61 Å². The van der Waals surface area contributed by atoms with E-state index in [1.165, 1.54) is 12.8 Å². The van der Waals surface area contributed by atoms with Gasteiger partial charge in [0.15, 0.2) is 0 Å². The zero-order valence-electron chi connectivity index (χ0n) is 6.83. The van der Waals surface area contributed by atoms with Crippen molar-refractivity contribution in [1.29, 1.82) is 0 Å². The lowest BCUT2D eigenvalue weighted by Gasteiger charge is -2.24. The second-order valence-corrected chi connectivity index (χ2v) is 5.75. The average molecular weight is 172 g/mol. The number of rotatable bonds is 3. The van der Waals surface area contributed by atoms with Crippen LogP contribution in [-0.4, -0.2) is 26.5 Å². The fourth-order valence-corrected chi connectivity index (χ4v) is 3.82. The smallest absolute Gasteiger partial charge is 0.205 e. The van der Waals surface area contributed by atoms with E-state index >= 15 is 0 Å². The number of hydrogen-bond acceptors (Lipinski definition) is 2. The van der Waals surface area contributed by atoms with Crippen LogP contribution in [-0.2, 0) is 4.43 Å². The van der Waals surface area contributed by atoms with E-state index in [-0.39, 0.29) is 5.73 Å². The van der Waals surface area contributed by atoms with Gasteiger partial charge in [0.2, 0.25) is 9.04 Å². The standard InChI is InChI=1S/C8H16O2Si/c1-2-5-8(9)11-7-4-3-6-10-11/h2,8-9,11H,1,3-7H2. The molecule has 1 aliphatic heterocycles. The van der Waals surface area contributed by atoms with E-state index in [1.807, 2.05) is 0 Å². The minimum absolute atomic E-state index is 0.201. The summed E-state index contributed by atoms with van der Waals surface area (Å²) in [4.78, 5) is 0. The Morgan fingerprint density at radius 3 is 3.00 bits per heavy atom. The van der Waals surface area contributed by atoms with E-state index in [0.29, 0.717) is 6.42 Å². The fourth-order valence-electron chi connectivity index (χ4n) is 1.39. The molecule has 1 aliphatic rings. The molecule has 3 heteroatoms. The number of aliphatic hydroxyl groups is 1. The van der Waals surface area contributed by atoms with Crippen LogP contribution in [0.25, 0.3) is 0 Å². The molecule has 1 heterocycles. The van der Waals surface area contributed by atoms with Gasteiger partial charge < -0.3 is 9.53 Å². The molecule has 0 amide bonds. The predicted molar refractivity (Wildman–Crippen MR) is 48.0 cm³/mol. The SMILES string of the molecule is C=CCC(O)[SiH]1CCCCO1. The van der Waals surface area contributed by atoms with Crippen LogP contribution < -0.4 is 0 Å². The first-order chi connectivity index (χ1) is 5.34. The van der Waals surface area contributed by atoms with Gasteiger partial charge in [-0.15, -0.1) is 6.58 Å². The third kappa shape index (κ3) is 2.77. The monoisotopic (exact) mass is 172 g/mol. The summed E-state index contributed by atoms with van der Waals surface area (Å²) in [5, 5.41) is 9.54. The van der Waals surface area contributed by atoms with Gasteiger partial charge in [-0.25, -0.2) is 0 Å². The van der Waals surface area contributed by atoms with Crippen molar-refractivity contribution in [2.24, 2.45) is 0 Å². The second kappa shape index (κ2) is 4.69. The van der Waals surface area contributed by atoms with Gasteiger partial charge in [-0.1, -0.05) is 12.5 Å². The van der Waals surface area contributed by atoms with Crippen molar-refractivity contribution >= 4 is 9.04 Å². The van der Waals surface area contributed by atoms with Gasteiger partial charge in [0.1, 0.15) is 0 Å². The largest absolute Gasteiger partial charge is 0.417 e. The lowest BCUT2D eigenvalue weighted by atomic mass is 10.4. The maximum atomic E-state index is 9.54. The molecule has 0 aromatic rings. The zero-order valence-corrected chi connectivity index (χ0v) is 7.98. The summed E-state index contributed by atoms with van der Waals surface area (Å²) in [6.45, 7) is 4.47. The number of aliphatic hydroxyl groups excluding tert-OH is 1. The van der Waals surface area contributed by atoms with Crippen LogP contribution in [0.2, 0.25) is 6.04 Å². The molecule has 0 aromatic heterocycles. The first-order valence-electron chi connectivity index (χ1n) is 4.25. The van der Waals surface area contributed by atoms with Crippen molar-refractivity contribution < 1.29 is 9.53 Å². The zero-order chi connectivity index (χ0) is 8.10. The fraction of sp³-hybridized carbons (Fsp3) is 0.750. The predicted octanol–water partition coefficient (Wildman–Crippen LogP) is 0.997. The molecule has 0 spiro atoms. The molecule has 2 atom stereocenters. The summed E-state index contributed by atoms with van der Waals surface area (Å²) in [7, 11) is -1.25. The Labute approximate surface area is 69.6 Å². The van der Waals surface area contributed by atoms with Gasteiger partial charge in [0.05, 0.1) is 5.73 Å². The lowest BCUT2D eigenvalue weighted by Crippen LogP contribution is -2.36. The van der Waals surface area contributed by atoms with E-state index < -0.39 is 9.04 Å². The van der Waals surface area contributed by atoms with E-state index in [9.17, 15) is 5.11 Å². The van der Waals surface area contributed by atoms with Crippen LogP contribution in [0.15, 0.2) is 12.7 Å². The molecule has 1 rings (SSSR count). The number of hydrogen-bond donors (Lipinski definition) is 1. The maximum absolute atomic E-state index is 9.54. The molecule has 2 nitrogen and oxygen atoms in total. The topological polar surface area (TPSA) is 29.5 Å². The van der Waals surface area contributed by atoms with Gasteiger partial charge in [-0.2, -0.15) is 0 Å². The second-order valence-electron chi connectivity index (χ2n) is 3.00. The minimum atomic E-state index is -1.25. The Bertz CT molecular complexity index is 121. The molecule has 0 aromatic carbocycles. The van der Waals surface area contributed by atoms with Crippen LogP contribution in [0, 0.1) is 0 Å². The summed E-state index contributed by atoms with van der Waals surface area (Å²) < 4.78 is 5.53. The third-order valence-corrected chi connectivity index (χ3v) is 4.82. The maximum Gasteiger partial charge on any atom is 0.205 e. The molecule has 2 unspecified atom stereocenters. The first-order valence-corrected chi connectivity index (χ1v) is 6.20. The van der Waals surface area contributed by atoms with E-state index in [1.54, 1.807) is 6.08 Å². The van der Waals surface area contributed by atoms with Crippen molar-refractivity contribution in [3.63, 3.8) is 0 Å². The van der Waals surface area contributed by atoms with Crippen molar-refractivity contribution in [2.75, 3.05) is 6.61 Å². The minimum Gasteiger partial charge on any atom is -0.417 e. The highest BCUT2D eigenvalue weighted by Crippen LogP contribution is 2.15. The highest BCUT2D eigenvalue weighted by molar-refractivity contribution is 6.53. The lowest BCUT2D eigenvalue weighted by molar-refractivity contribution is 0.193. The third-order valence-electron chi connectivity index (χ3n) is 2.05. The Kier molecular flexibility index (Phi) is 3.83. The van der Waals surface area contributed by atoms with Crippen LogP contribution in [0.1, 0.15) is 19.3 Å². The Hall–Kier alpha value is -0.123. The molecule has 0 bridgehead atoms. The van der Waals surface area contributed by atoms with Gasteiger partial charge in [-0.05, 0) is 18.9 Å². The van der Waals surface area contributed by atoms with Crippen LogP contribution in [0.5, 0.6) is 0 Å². The van der Waals surface area contributed by atoms with E-state index in [0.717, 1.165) is 12.7 Å². The van der Waals surface area contributed by atoms with Crippen molar-refractivity contribution in [2.45, 2.75) is 31.0 Å². The highest BCUT2D eigenvalue weighted by atomic mass is 28.3. The Balaban J connectivity index is 2.26. The van der Waals surface area contributed by atoms with Crippen molar-refractivity contribution in [3.05, 3.63) is 12.7 Å². The Morgan fingerprint density at radius 1 is 1.64 bits per heavy atom. The van der Waals surface area contributed by atoms with E-state index in [4.69, 9.17) is 4.43 Å². The normalized spacial score (nSPS) is 27.9. The molecular weight excluding hydrogens is 156 g/mol. The van der Waals surface area contributed by atoms with Crippen molar-refractivity contribution in [1.82, 2.24) is 0 Å². The molecule has 1 fully saturated rings. The average Bonchev–Trinajstić information content (AvgIpc) is 2.07. The van der Waals surface area contributed by atoms with Gasteiger partial charge in [0.25, 0.3) is 0 Å².